The lowest BCUT2D eigenvalue weighted by molar-refractivity contribution is 0.261. The summed E-state index contributed by atoms with van der Waals surface area (Å²) in [6.07, 6.45) is 1.94. The Hall–Kier alpha value is -5.68. The lowest BCUT2D eigenvalue weighted by Crippen LogP contribution is -2.19. The minimum atomic E-state index is 0.692. The molecule has 0 saturated heterocycles. The fourth-order valence-electron chi connectivity index (χ4n) is 6.70. The SMILES string of the molecule is CC/C(=C(\c1ccccc1)c1ccc(OCCN(C)C)cc1)c1ccccc1.CC/C(=C(\c1ccccc1)c1ccc(OCCN(C)C)cc1)c1ccccc1. The molecule has 0 saturated carbocycles. The van der Waals surface area contributed by atoms with Crippen molar-refractivity contribution in [2.24, 2.45) is 0 Å². The van der Waals surface area contributed by atoms with Gasteiger partial charge in [-0.1, -0.05) is 159 Å². The molecule has 0 aliphatic heterocycles. The van der Waals surface area contributed by atoms with Gasteiger partial charge in [0.05, 0.1) is 0 Å². The first-order chi connectivity index (χ1) is 27.4. The van der Waals surface area contributed by atoms with Gasteiger partial charge in [-0.3, -0.25) is 0 Å². The van der Waals surface area contributed by atoms with Crippen LogP contribution in [0.1, 0.15) is 60.1 Å². The van der Waals surface area contributed by atoms with Crippen molar-refractivity contribution in [3.8, 4) is 11.5 Å². The molecule has 6 aromatic rings. The van der Waals surface area contributed by atoms with E-state index < -0.39 is 0 Å². The number of likely N-dealkylation sites (N-methyl/N-ethyl adjacent to an activating group) is 2. The second kappa shape index (κ2) is 22.0. The average molecular weight is 743 g/mol. The Bertz CT molecular complexity index is 1920. The minimum Gasteiger partial charge on any atom is -0.492 e. The van der Waals surface area contributed by atoms with E-state index in [4.69, 9.17) is 9.47 Å². The summed E-state index contributed by atoms with van der Waals surface area (Å²) in [5.41, 5.74) is 12.7. The lowest BCUT2D eigenvalue weighted by atomic mass is 9.88. The topological polar surface area (TPSA) is 24.9 Å². The molecule has 0 fully saturated rings. The van der Waals surface area contributed by atoms with E-state index in [1.165, 1.54) is 55.7 Å². The van der Waals surface area contributed by atoms with E-state index in [1.54, 1.807) is 0 Å². The number of benzene rings is 6. The van der Waals surface area contributed by atoms with Gasteiger partial charge in [-0.15, -0.1) is 0 Å². The highest BCUT2D eigenvalue weighted by molar-refractivity contribution is 5.99. The van der Waals surface area contributed by atoms with Crippen LogP contribution in [0.2, 0.25) is 0 Å². The molecule has 6 aromatic carbocycles. The standard InChI is InChI=1S/2C26H29NO/c2*1-4-25(21-11-7-5-8-12-21)26(22-13-9-6-10-14-22)23-15-17-24(18-16-23)28-20-19-27(2)3/h2*5-18H,4,19-20H2,1-3H3/b2*26-25-. The van der Waals surface area contributed by atoms with E-state index in [0.29, 0.717) is 13.2 Å². The zero-order valence-corrected chi connectivity index (χ0v) is 34.1. The minimum absolute atomic E-state index is 0.692. The molecule has 0 unspecified atom stereocenters. The molecule has 56 heavy (non-hydrogen) atoms. The number of hydrogen-bond acceptors (Lipinski definition) is 4. The van der Waals surface area contributed by atoms with Crippen molar-refractivity contribution in [2.45, 2.75) is 26.7 Å². The first-order valence-corrected chi connectivity index (χ1v) is 19.8. The average Bonchev–Trinajstić information content (AvgIpc) is 3.24. The van der Waals surface area contributed by atoms with Gasteiger partial charge in [0.1, 0.15) is 24.7 Å². The summed E-state index contributed by atoms with van der Waals surface area (Å²) in [5.74, 6) is 1.83. The van der Waals surface area contributed by atoms with Crippen molar-refractivity contribution in [3.05, 3.63) is 203 Å². The first-order valence-electron chi connectivity index (χ1n) is 19.8. The van der Waals surface area contributed by atoms with E-state index in [-0.39, 0.29) is 0 Å². The molecule has 0 aromatic heterocycles. The molecule has 0 amide bonds. The third-order valence-corrected chi connectivity index (χ3v) is 9.58. The fourth-order valence-corrected chi connectivity index (χ4v) is 6.70. The number of allylic oxidation sites excluding steroid dienone is 2. The summed E-state index contributed by atoms with van der Waals surface area (Å²) >= 11 is 0. The van der Waals surface area contributed by atoms with Crippen LogP contribution in [0.15, 0.2) is 170 Å². The van der Waals surface area contributed by atoms with Gasteiger partial charge in [0.25, 0.3) is 0 Å². The number of hydrogen-bond donors (Lipinski definition) is 0. The predicted molar refractivity (Wildman–Crippen MR) is 239 cm³/mol. The van der Waals surface area contributed by atoms with Gasteiger partial charge in [0.15, 0.2) is 0 Å². The zero-order valence-electron chi connectivity index (χ0n) is 34.1. The molecule has 0 radical (unpaired) electrons. The Morgan fingerprint density at radius 1 is 0.357 bits per heavy atom. The van der Waals surface area contributed by atoms with Gasteiger partial charge >= 0.3 is 0 Å². The molecule has 0 spiro atoms. The van der Waals surface area contributed by atoms with Gasteiger partial charge in [-0.2, -0.15) is 0 Å². The molecule has 0 heterocycles. The van der Waals surface area contributed by atoms with Crippen molar-refractivity contribution < 1.29 is 9.47 Å². The van der Waals surface area contributed by atoms with Crippen molar-refractivity contribution in [1.29, 1.82) is 0 Å². The van der Waals surface area contributed by atoms with Crippen molar-refractivity contribution in [1.82, 2.24) is 9.80 Å². The van der Waals surface area contributed by atoms with Crippen LogP contribution >= 0.6 is 0 Å². The van der Waals surface area contributed by atoms with Gasteiger partial charge in [-0.05, 0) is 121 Å². The molecule has 6 rings (SSSR count). The number of ether oxygens (including phenoxy) is 2. The van der Waals surface area contributed by atoms with Crippen LogP contribution in [0.3, 0.4) is 0 Å². The van der Waals surface area contributed by atoms with Crippen LogP contribution in [-0.4, -0.2) is 64.3 Å². The van der Waals surface area contributed by atoms with Crippen molar-refractivity contribution in [3.63, 3.8) is 0 Å². The van der Waals surface area contributed by atoms with E-state index in [1.807, 2.05) is 0 Å². The second-order valence-electron chi connectivity index (χ2n) is 14.2. The summed E-state index contributed by atoms with van der Waals surface area (Å²) in [4.78, 5) is 4.25. The molecular weight excluding hydrogens is 685 g/mol. The summed E-state index contributed by atoms with van der Waals surface area (Å²) in [7, 11) is 8.22. The van der Waals surface area contributed by atoms with E-state index in [0.717, 1.165) is 37.4 Å². The molecule has 288 valence electrons. The molecule has 0 N–H and O–H groups in total. The van der Waals surface area contributed by atoms with Crippen LogP contribution in [0, 0.1) is 0 Å². The van der Waals surface area contributed by atoms with Crippen LogP contribution in [0.5, 0.6) is 11.5 Å². The maximum Gasteiger partial charge on any atom is 0.119 e. The molecule has 4 nitrogen and oxygen atoms in total. The Kier molecular flexibility index (Phi) is 16.3. The lowest BCUT2D eigenvalue weighted by Gasteiger charge is -2.17. The van der Waals surface area contributed by atoms with E-state index in [2.05, 4.69) is 222 Å². The maximum absolute atomic E-state index is 5.87. The summed E-state index contributed by atoms with van der Waals surface area (Å²) in [6, 6.07) is 59.6. The molecule has 4 heteroatoms. The summed E-state index contributed by atoms with van der Waals surface area (Å²) in [5, 5.41) is 0. The first kappa shape index (κ1) is 41.5. The molecule has 0 aliphatic rings. The third kappa shape index (κ3) is 12.2. The van der Waals surface area contributed by atoms with Gasteiger partial charge in [0.2, 0.25) is 0 Å². The van der Waals surface area contributed by atoms with Crippen LogP contribution in [-0.2, 0) is 0 Å². The molecule has 0 atom stereocenters. The highest BCUT2D eigenvalue weighted by Crippen LogP contribution is 2.36. The molecular formula is C52H58N2O2. The zero-order chi connectivity index (χ0) is 39.5. The third-order valence-electron chi connectivity index (χ3n) is 9.58. The monoisotopic (exact) mass is 742 g/mol. The maximum atomic E-state index is 5.87. The van der Waals surface area contributed by atoms with E-state index >= 15 is 0 Å². The van der Waals surface area contributed by atoms with Crippen LogP contribution in [0.25, 0.3) is 22.3 Å². The smallest absolute Gasteiger partial charge is 0.119 e. The molecule has 0 bridgehead atoms. The number of nitrogens with zero attached hydrogens (tertiary/aromatic N) is 2. The Balaban J connectivity index is 0.000000214. The summed E-state index contributed by atoms with van der Waals surface area (Å²) < 4.78 is 11.7. The van der Waals surface area contributed by atoms with Gasteiger partial charge in [0, 0.05) is 13.1 Å². The largest absolute Gasteiger partial charge is 0.492 e. The Morgan fingerprint density at radius 3 is 0.893 bits per heavy atom. The predicted octanol–water partition coefficient (Wildman–Crippen LogP) is 12.0. The normalized spacial score (nSPS) is 12.0. The van der Waals surface area contributed by atoms with Crippen LogP contribution < -0.4 is 9.47 Å². The van der Waals surface area contributed by atoms with Gasteiger partial charge < -0.3 is 19.3 Å². The number of rotatable bonds is 16. The highest BCUT2D eigenvalue weighted by Gasteiger charge is 2.14. The Morgan fingerprint density at radius 2 is 0.625 bits per heavy atom. The van der Waals surface area contributed by atoms with Gasteiger partial charge in [-0.25, -0.2) is 0 Å². The fraction of sp³-hybridized carbons (Fsp3) is 0.231. The van der Waals surface area contributed by atoms with Crippen LogP contribution in [0.4, 0.5) is 0 Å². The van der Waals surface area contributed by atoms with Crippen molar-refractivity contribution >= 4 is 22.3 Å². The molecule has 0 aliphatic carbocycles. The quantitative estimate of drug-likeness (QED) is 0.0922. The highest BCUT2D eigenvalue weighted by atomic mass is 16.5. The summed E-state index contributed by atoms with van der Waals surface area (Å²) in [6.45, 7) is 7.65. The second-order valence-corrected chi connectivity index (χ2v) is 14.2. The van der Waals surface area contributed by atoms with Crippen molar-refractivity contribution in [2.75, 3.05) is 54.5 Å². The van der Waals surface area contributed by atoms with E-state index in [9.17, 15) is 0 Å². The Labute approximate surface area is 336 Å².